The molecule has 0 aliphatic rings. The second kappa shape index (κ2) is 9.23. The Balaban J connectivity index is 1.32. The van der Waals surface area contributed by atoms with Crippen molar-refractivity contribution in [2.45, 2.75) is 39.5 Å². The van der Waals surface area contributed by atoms with Gasteiger partial charge in [-0.2, -0.15) is 5.10 Å². The summed E-state index contributed by atoms with van der Waals surface area (Å²) in [6, 6.07) is 15.9. The third-order valence-electron chi connectivity index (χ3n) is 5.01. The zero-order chi connectivity index (χ0) is 23.4. The standard InChI is InChI=1S/C24H25FN6O2/c1-24(2,3)18-8-10-19(11-9-18)33-16-30-13-12-21(28-30)22(32)27-23-26-15-31(29-23)14-17-6-4-5-7-20(17)25/h4-13,15H,14,16H2,1-3H3,(H,27,29,32). The van der Waals surface area contributed by atoms with Crippen LogP contribution in [0.5, 0.6) is 5.75 Å². The maximum absolute atomic E-state index is 13.8. The molecule has 0 saturated heterocycles. The average Bonchev–Trinajstić information content (AvgIpc) is 3.43. The maximum atomic E-state index is 13.8. The zero-order valence-electron chi connectivity index (χ0n) is 18.7. The fraction of sp³-hybridized carbons (Fsp3) is 0.250. The Bertz CT molecular complexity index is 1240. The third kappa shape index (κ3) is 5.62. The SMILES string of the molecule is CC(C)(C)c1ccc(OCn2ccc(C(=O)Nc3ncn(Cc4ccccc4F)n3)n2)cc1. The molecule has 0 aliphatic heterocycles. The van der Waals surface area contributed by atoms with Crippen molar-refractivity contribution < 1.29 is 13.9 Å². The number of benzene rings is 2. The Hall–Kier alpha value is -4.01. The number of carbonyl (C=O) groups excluding carboxylic acids is 1. The molecule has 170 valence electrons. The monoisotopic (exact) mass is 448 g/mol. The first-order valence-corrected chi connectivity index (χ1v) is 10.5. The summed E-state index contributed by atoms with van der Waals surface area (Å²) in [5, 5.41) is 11.0. The van der Waals surface area contributed by atoms with Gasteiger partial charge in [0.05, 0.1) is 6.54 Å². The summed E-state index contributed by atoms with van der Waals surface area (Å²) in [7, 11) is 0. The molecule has 0 aliphatic carbocycles. The molecular weight excluding hydrogens is 423 g/mol. The van der Waals surface area contributed by atoms with Gasteiger partial charge in [-0.3, -0.25) is 10.1 Å². The van der Waals surface area contributed by atoms with Crippen molar-refractivity contribution in [1.82, 2.24) is 24.5 Å². The quantitative estimate of drug-likeness (QED) is 0.457. The van der Waals surface area contributed by atoms with Gasteiger partial charge in [-0.05, 0) is 35.2 Å². The Morgan fingerprint density at radius 1 is 1.03 bits per heavy atom. The number of anilines is 1. The smallest absolute Gasteiger partial charge is 0.278 e. The van der Waals surface area contributed by atoms with Gasteiger partial charge in [-0.15, -0.1) is 5.10 Å². The molecule has 2 heterocycles. The molecule has 4 rings (SSSR count). The lowest BCUT2D eigenvalue weighted by molar-refractivity contribution is 0.101. The number of hydrogen-bond donors (Lipinski definition) is 1. The fourth-order valence-corrected chi connectivity index (χ4v) is 3.14. The van der Waals surface area contributed by atoms with Crippen LogP contribution in [-0.4, -0.2) is 30.5 Å². The lowest BCUT2D eigenvalue weighted by atomic mass is 9.87. The summed E-state index contributed by atoms with van der Waals surface area (Å²) in [5.41, 5.74) is 1.97. The van der Waals surface area contributed by atoms with Crippen molar-refractivity contribution in [3.8, 4) is 5.75 Å². The Morgan fingerprint density at radius 3 is 2.52 bits per heavy atom. The molecule has 0 saturated carbocycles. The molecule has 8 nitrogen and oxygen atoms in total. The van der Waals surface area contributed by atoms with E-state index >= 15 is 0 Å². The second-order valence-corrected chi connectivity index (χ2v) is 8.60. The molecule has 2 aromatic carbocycles. The predicted molar refractivity (Wildman–Crippen MR) is 121 cm³/mol. The molecule has 0 radical (unpaired) electrons. The molecule has 0 fully saturated rings. The first-order valence-electron chi connectivity index (χ1n) is 10.5. The van der Waals surface area contributed by atoms with E-state index in [1.54, 1.807) is 30.5 Å². The first-order chi connectivity index (χ1) is 15.8. The van der Waals surface area contributed by atoms with E-state index in [-0.39, 0.29) is 36.2 Å². The van der Waals surface area contributed by atoms with E-state index in [1.807, 2.05) is 24.3 Å². The van der Waals surface area contributed by atoms with Gasteiger partial charge in [0.25, 0.3) is 5.91 Å². The molecule has 1 N–H and O–H groups in total. The highest BCUT2D eigenvalue weighted by Gasteiger charge is 2.14. The van der Waals surface area contributed by atoms with Crippen LogP contribution in [0.25, 0.3) is 0 Å². The summed E-state index contributed by atoms with van der Waals surface area (Å²) < 4.78 is 22.5. The van der Waals surface area contributed by atoms with Crippen LogP contribution in [-0.2, 0) is 18.7 Å². The summed E-state index contributed by atoms with van der Waals surface area (Å²) in [6.07, 6.45) is 3.09. The highest BCUT2D eigenvalue weighted by molar-refractivity contribution is 6.01. The number of halogens is 1. The number of rotatable bonds is 7. The lowest BCUT2D eigenvalue weighted by Gasteiger charge is -2.19. The van der Waals surface area contributed by atoms with Crippen LogP contribution in [0.15, 0.2) is 67.1 Å². The van der Waals surface area contributed by atoms with Crippen LogP contribution in [0.3, 0.4) is 0 Å². The van der Waals surface area contributed by atoms with E-state index in [0.29, 0.717) is 11.3 Å². The van der Waals surface area contributed by atoms with Crippen LogP contribution >= 0.6 is 0 Å². The van der Waals surface area contributed by atoms with Crippen molar-refractivity contribution >= 4 is 11.9 Å². The largest absolute Gasteiger partial charge is 0.471 e. The zero-order valence-corrected chi connectivity index (χ0v) is 18.7. The molecule has 0 spiro atoms. The maximum Gasteiger partial charge on any atom is 0.278 e. The molecule has 0 atom stereocenters. The van der Waals surface area contributed by atoms with E-state index < -0.39 is 5.91 Å². The molecule has 0 bridgehead atoms. The number of amides is 1. The molecule has 9 heteroatoms. The predicted octanol–water partition coefficient (Wildman–Crippen LogP) is 4.25. The second-order valence-electron chi connectivity index (χ2n) is 8.60. The molecule has 2 aromatic heterocycles. The van der Waals surface area contributed by atoms with Gasteiger partial charge in [0.15, 0.2) is 12.4 Å². The van der Waals surface area contributed by atoms with Gasteiger partial charge in [0.1, 0.15) is 17.9 Å². The van der Waals surface area contributed by atoms with Crippen LogP contribution in [0, 0.1) is 5.82 Å². The van der Waals surface area contributed by atoms with Crippen molar-refractivity contribution in [2.75, 3.05) is 5.32 Å². The van der Waals surface area contributed by atoms with E-state index in [1.165, 1.54) is 27.3 Å². The van der Waals surface area contributed by atoms with Crippen LogP contribution in [0.2, 0.25) is 0 Å². The minimum Gasteiger partial charge on any atom is -0.471 e. The normalized spacial score (nSPS) is 11.4. The number of nitrogens with zero attached hydrogens (tertiary/aromatic N) is 5. The summed E-state index contributed by atoms with van der Waals surface area (Å²) in [5.74, 6) is 0.0542. The van der Waals surface area contributed by atoms with E-state index in [9.17, 15) is 9.18 Å². The molecule has 33 heavy (non-hydrogen) atoms. The van der Waals surface area contributed by atoms with Gasteiger partial charge >= 0.3 is 0 Å². The highest BCUT2D eigenvalue weighted by Crippen LogP contribution is 2.24. The van der Waals surface area contributed by atoms with E-state index in [0.717, 1.165) is 0 Å². The Morgan fingerprint density at radius 2 is 1.79 bits per heavy atom. The fourth-order valence-electron chi connectivity index (χ4n) is 3.14. The van der Waals surface area contributed by atoms with Gasteiger partial charge < -0.3 is 4.74 Å². The summed E-state index contributed by atoms with van der Waals surface area (Å²) in [4.78, 5) is 16.5. The lowest BCUT2D eigenvalue weighted by Crippen LogP contribution is -2.15. The Kier molecular flexibility index (Phi) is 6.21. The average molecular weight is 449 g/mol. The van der Waals surface area contributed by atoms with Crippen LogP contribution in [0.4, 0.5) is 10.3 Å². The molecule has 0 unspecified atom stereocenters. The topological polar surface area (TPSA) is 86.9 Å². The number of aromatic nitrogens is 5. The highest BCUT2D eigenvalue weighted by atomic mass is 19.1. The third-order valence-corrected chi connectivity index (χ3v) is 5.01. The minimum atomic E-state index is -0.452. The molecular formula is C24H25FN6O2. The van der Waals surface area contributed by atoms with Gasteiger partial charge in [-0.1, -0.05) is 51.1 Å². The van der Waals surface area contributed by atoms with Crippen molar-refractivity contribution in [3.63, 3.8) is 0 Å². The summed E-state index contributed by atoms with van der Waals surface area (Å²) >= 11 is 0. The summed E-state index contributed by atoms with van der Waals surface area (Å²) in [6.45, 7) is 6.84. The number of nitrogens with one attached hydrogen (secondary N) is 1. The number of ether oxygens (including phenoxy) is 1. The molecule has 4 aromatic rings. The van der Waals surface area contributed by atoms with Crippen LogP contribution < -0.4 is 10.1 Å². The number of hydrogen-bond acceptors (Lipinski definition) is 5. The van der Waals surface area contributed by atoms with Crippen molar-refractivity contribution in [2.24, 2.45) is 0 Å². The van der Waals surface area contributed by atoms with Gasteiger partial charge in [-0.25, -0.2) is 18.7 Å². The van der Waals surface area contributed by atoms with E-state index in [2.05, 4.69) is 41.3 Å². The van der Waals surface area contributed by atoms with Crippen molar-refractivity contribution in [3.05, 3.63) is 89.8 Å². The Labute approximate surface area is 191 Å². The number of carbonyl (C=O) groups is 1. The first kappa shape index (κ1) is 22.2. The van der Waals surface area contributed by atoms with Crippen LogP contribution in [0.1, 0.15) is 42.4 Å². The van der Waals surface area contributed by atoms with Gasteiger partial charge in [0.2, 0.25) is 5.95 Å². The molecule has 1 amide bonds. The minimum absolute atomic E-state index is 0.0746. The van der Waals surface area contributed by atoms with Crippen molar-refractivity contribution in [1.29, 1.82) is 0 Å². The van der Waals surface area contributed by atoms with Gasteiger partial charge in [0, 0.05) is 11.8 Å². The van der Waals surface area contributed by atoms with E-state index in [4.69, 9.17) is 4.74 Å².